The van der Waals surface area contributed by atoms with Crippen molar-refractivity contribution in [3.8, 4) is 0 Å². The van der Waals surface area contributed by atoms with Gasteiger partial charge in [-0.1, -0.05) is 11.6 Å². The molecule has 1 unspecified atom stereocenters. The van der Waals surface area contributed by atoms with Crippen LogP contribution in [0.5, 0.6) is 0 Å². The number of amides is 1. The molecule has 1 fully saturated rings. The molecule has 6 nitrogen and oxygen atoms in total. The van der Waals surface area contributed by atoms with Gasteiger partial charge in [-0.3, -0.25) is 4.79 Å². The fourth-order valence-corrected chi connectivity index (χ4v) is 2.17. The average molecular weight is 285 g/mol. The van der Waals surface area contributed by atoms with Crippen LogP contribution >= 0.6 is 11.6 Å². The lowest BCUT2D eigenvalue weighted by Crippen LogP contribution is -2.35. The minimum Gasteiger partial charge on any atom is -0.376 e. The van der Waals surface area contributed by atoms with Crippen molar-refractivity contribution in [2.24, 2.45) is 5.84 Å². The number of nitrogens with one attached hydrogen (secondary N) is 2. The second kappa shape index (κ2) is 6.70. The molecule has 1 aromatic heterocycles. The zero-order valence-corrected chi connectivity index (χ0v) is 11.2. The number of nitrogen functional groups attached to an aromatic ring is 1. The van der Waals surface area contributed by atoms with Gasteiger partial charge in [0.25, 0.3) is 5.91 Å². The van der Waals surface area contributed by atoms with Crippen molar-refractivity contribution in [1.29, 1.82) is 0 Å². The van der Waals surface area contributed by atoms with Gasteiger partial charge in [0.1, 0.15) is 0 Å². The summed E-state index contributed by atoms with van der Waals surface area (Å²) in [6.45, 7) is 1.28. The first-order valence-electron chi connectivity index (χ1n) is 6.22. The molecule has 0 aliphatic carbocycles. The second-order valence-electron chi connectivity index (χ2n) is 4.40. The molecule has 0 bridgehead atoms. The zero-order chi connectivity index (χ0) is 13.7. The topological polar surface area (TPSA) is 89.3 Å². The molecule has 1 atom stereocenters. The van der Waals surface area contributed by atoms with Crippen LogP contribution < -0.4 is 16.6 Å². The third-order valence-electron chi connectivity index (χ3n) is 3.00. The molecular weight excluding hydrogens is 268 g/mol. The molecule has 19 heavy (non-hydrogen) atoms. The number of pyridine rings is 1. The maximum Gasteiger partial charge on any atom is 0.252 e. The molecule has 104 valence electrons. The first-order valence-corrected chi connectivity index (χ1v) is 6.60. The van der Waals surface area contributed by atoms with Gasteiger partial charge in [-0.05, 0) is 25.3 Å². The van der Waals surface area contributed by atoms with Crippen molar-refractivity contribution in [3.63, 3.8) is 0 Å². The maximum absolute atomic E-state index is 11.9. The van der Waals surface area contributed by atoms with Crippen LogP contribution in [0.1, 0.15) is 29.6 Å². The summed E-state index contributed by atoms with van der Waals surface area (Å²) in [6.07, 6.45) is 4.75. The van der Waals surface area contributed by atoms with Crippen molar-refractivity contribution < 1.29 is 9.53 Å². The van der Waals surface area contributed by atoms with Gasteiger partial charge in [-0.15, -0.1) is 0 Å². The van der Waals surface area contributed by atoms with Crippen molar-refractivity contribution in [2.45, 2.75) is 25.4 Å². The van der Waals surface area contributed by atoms with E-state index in [9.17, 15) is 4.79 Å². The van der Waals surface area contributed by atoms with E-state index in [1.807, 2.05) is 0 Å². The summed E-state index contributed by atoms with van der Waals surface area (Å²) in [5, 5.41) is 3.13. The highest BCUT2D eigenvalue weighted by molar-refractivity contribution is 6.33. The molecule has 0 saturated carbocycles. The second-order valence-corrected chi connectivity index (χ2v) is 4.80. The smallest absolute Gasteiger partial charge is 0.252 e. The highest BCUT2D eigenvalue weighted by Crippen LogP contribution is 2.19. The molecule has 1 aliphatic rings. The standard InChI is InChI=1S/C12H17ClN4O2/c13-10-5-8(6-15-11(10)17-14)12(18)16-7-9-3-1-2-4-19-9/h5-6,9H,1-4,7,14H2,(H,15,17)(H,16,18). The minimum absolute atomic E-state index is 0.103. The van der Waals surface area contributed by atoms with Crippen molar-refractivity contribution in [2.75, 3.05) is 18.6 Å². The lowest BCUT2D eigenvalue weighted by molar-refractivity contribution is 0.0169. The first kappa shape index (κ1) is 14.0. The summed E-state index contributed by atoms with van der Waals surface area (Å²) in [7, 11) is 0. The van der Waals surface area contributed by atoms with E-state index in [4.69, 9.17) is 22.2 Å². The fraction of sp³-hybridized carbons (Fsp3) is 0.500. The molecule has 0 spiro atoms. The van der Waals surface area contributed by atoms with Gasteiger partial charge in [0.05, 0.1) is 16.7 Å². The van der Waals surface area contributed by atoms with E-state index in [0.717, 1.165) is 25.9 Å². The lowest BCUT2D eigenvalue weighted by atomic mass is 10.1. The van der Waals surface area contributed by atoms with Gasteiger partial charge in [0.2, 0.25) is 0 Å². The molecule has 1 saturated heterocycles. The molecule has 0 aromatic carbocycles. The highest BCUT2D eigenvalue weighted by atomic mass is 35.5. The SMILES string of the molecule is NNc1ncc(C(=O)NCC2CCCCO2)cc1Cl. The van der Waals surface area contributed by atoms with Crippen LogP contribution in [0, 0.1) is 0 Å². The fourth-order valence-electron chi connectivity index (χ4n) is 1.95. The molecule has 1 amide bonds. The monoisotopic (exact) mass is 284 g/mol. The van der Waals surface area contributed by atoms with Gasteiger partial charge in [-0.25, -0.2) is 10.8 Å². The van der Waals surface area contributed by atoms with Crippen LogP contribution in [0.2, 0.25) is 5.02 Å². The number of hydrazine groups is 1. The molecular formula is C12H17ClN4O2. The Morgan fingerprint density at radius 1 is 1.58 bits per heavy atom. The van der Waals surface area contributed by atoms with E-state index in [1.54, 1.807) is 0 Å². The number of hydrogen-bond acceptors (Lipinski definition) is 5. The molecule has 0 radical (unpaired) electrons. The Bertz CT molecular complexity index is 449. The predicted octanol–water partition coefficient (Wildman–Crippen LogP) is 1.32. The summed E-state index contributed by atoms with van der Waals surface area (Å²) < 4.78 is 5.54. The number of rotatable bonds is 4. The number of carbonyl (C=O) groups excluding carboxylic acids is 1. The van der Waals surface area contributed by atoms with Crippen LogP contribution in [0.15, 0.2) is 12.3 Å². The van der Waals surface area contributed by atoms with Crippen LogP contribution in [-0.4, -0.2) is 30.1 Å². The third kappa shape index (κ3) is 3.79. The first-order chi connectivity index (χ1) is 9.20. The Kier molecular flexibility index (Phi) is 4.95. The Morgan fingerprint density at radius 2 is 2.42 bits per heavy atom. The number of hydrogen-bond donors (Lipinski definition) is 3. The molecule has 7 heteroatoms. The molecule has 2 rings (SSSR count). The highest BCUT2D eigenvalue weighted by Gasteiger charge is 2.16. The van der Waals surface area contributed by atoms with E-state index >= 15 is 0 Å². The van der Waals surface area contributed by atoms with Crippen LogP contribution in [0.4, 0.5) is 5.82 Å². The summed E-state index contributed by atoms with van der Waals surface area (Å²) in [5.41, 5.74) is 2.75. The number of halogens is 1. The number of nitrogens with zero attached hydrogens (tertiary/aromatic N) is 1. The number of aromatic nitrogens is 1. The summed E-state index contributed by atoms with van der Waals surface area (Å²) in [6, 6.07) is 1.53. The molecule has 1 aromatic rings. The maximum atomic E-state index is 11.9. The summed E-state index contributed by atoms with van der Waals surface area (Å²) >= 11 is 5.91. The van der Waals surface area contributed by atoms with Crippen molar-refractivity contribution in [1.82, 2.24) is 10.3 Å². The molecule has 2 heterocycles. The van der Waals surface area contributed by atoms with E-state index in [0.29, 0.717) is 22.9 Å². The Morgan fingerprint density at radius 3 is 3.05 bits per heavy atom. The van der Waals surface area contributed by atoms with Crippen LogP contribution in [0.25, 0.3) is 0 Å². The van der Waals surface area contributed by atoms with Crippen LogP contribution in [0.3, 0.4) is 0 Å². The van der Waals surface area contributed by atoms with Crippen molar-refractivity contribution >= 4 is 23.3 Å². The minimum atomic E-state index is -0.216. The zero-order valence-electron chi connectivity index (χ0n) is 10.5. The summed E-state index contributed by atoms with van der Waals surface area (Å²) in [4.78, 5) is 15.9. The van der Waals surface area contributed by atoms with E-state index in [-0.39, 0.29) is 12.0 Å². The third-order valence-corrected chi connectivity index (χ3v) is 3.29. The van der Waals surface area contributed by atoms with Gasteiger partial charge in [0.15, 0.2) is 5.82 Å². The van der Waals surface area contributed by atoms with E-state index < -0.39 is 0 Å². The normalized spacial score (nSPS) is 18.9. The summed E-state index contributed by atoms with van der Waals surface area (Å²) in [5.74, 6) is 5.34. The number of nitrogens with two attached hydrogens (primary N) is 1. The Hall–Kier alpha value is -1.37. The molecule has 1 aliphatic heterocycles. The number of anilines is 1. The van der Waals surface area contributed by atoms with Gasteiger partial charge < -0.3 is 15.5 Å². The van der Waals surface area contributed by atoms with E-state index in [2.05, 4.69) is 15.7 Å². The Labute approximate surface area is 116 Å². The number of carbonyl (C=O) groups is 1. The van der Waals surface area contributed by atoms with E-state index in [1.165, 1.54) is 12.3 Å². The average Bonchev–Trinajstić information content (AvgIpc) is 2.45. The molecule has 4 N–H and O–H groups in total. The Balaban J connectivity index is 1.90. The van der Waals surface area contributed by atoms with Crippen molar-refractivity contribution in [3.05, 3.63) is 22.8 Å². The van der Waals surface area contributed by atoms with Gasteiger partial charge in [0, 0.05) is 19.3 Å². The predicted molar refractivity (Wildman–Crippen MR) is 73.0 cm³/mol. The lowest BCUT2D eigenvalue weighted by Gasteiger charge is -2.22. The van der Waals surface area contributed by atoms with Crippen LogP contribution in [-0.2, 0) is 4.74 Å². The largest absolute Gasteiger partial charge is 0.376 e. The van der Waals surface area contributed by atoms with Gasteiger partial charge >= 0.3 is 0 Å². The van der Waals surface area contributed by atoms with Gasteiger partial charge in [-0.2, -0.15) is 0 Å². The number of ether oxygens (including phenoxy) is 1. The quantitative estimate of drug-likeness (QED) is 0.573.